The molecule has 6 nitrogen and oxygen atoms in total. The number of nitrogens with zero attached hydrogens (tertiary/aromatic N) is 1. The van der Waals surface area contributed by atoms with Gasteiger partial charge in [0.2, 0.25) is 15.9 Å². The largest absolute Gasteiger partial charge is 0.496 e. The van der Waals surface area contributed by atoms with Gasteiger partial charge in [-0.1, -0.05) is 38.1 Å². The number of ether oxygens (including phenoxy) is 1. The predicted octanol–water partition coefficient (Wildman–Crippen LogP) is 3.99. The molecular formula is C23H32N2O4S. The zero-order valence-corrected chi connectivity index (χ0v) is 19.4. The van der Waals surface area contributed by atoms with Crippen LogP contribution in [-0.2, 0) is 21.2 Å². The number of sulfonamides is 1. The normalized spacial score (nSPS) is 13.4. The lowest BCUT2D eigenvalue weighted by Crippen LogP contribution is -2.48. The first-order valence-electron chi connectivity index (χ1n) is 10.2. The lowest BCUT2D eigenvalue weighted by atomic mass is 10.0. The van der Waals surface area contributed by atoms with Crippen LogP contribution in [0.2, 0.25) is 0 Å². The number of carbonyl (C=O) groups excluding carboxylic acids is 1. The molecular weight excluding hydrogens is 400 g/mol. The molecule has 0 fully saturated rings. The van der Waals surface area contributed by atoms with Crippen LogP contribution in [0.4, 0.5) is 5.69 Å². The fraction of sp³-hybridized carbons (Fsp3) is 0.435. The van der Waals surface area contributed by atoms with Gasteiger partial charge in [0.25, 0.3) is 0 Å². The highest BCUT2D eigenvalue weighted by Crippen LogP contribution is 2.26. The minimum atomic E-state index is -3.65. The maximum absolute atomic E-state index is 13.0. The first-order valence-corrected chi connectivity index (χ1v) is 12.0. The first kappa shape index (κ1) is 23.7. The summed E-state index contributed by atoms with van der Waals surface area (Å²) < 4.78 is 31.5. The van der Waals surface area contributed by atoms with Gasteiger partial charge in [-0.2, -0.15) is 0 Å². The van der Waals surface area contributed by atoms with Gasteiger partial charge in [0.1, 0.15) is 11.8 Å². The molecule has 0 aromatic heterocycles. The van der Waals surface area contributed by atoms with E-state index in [0.717, 1.165) is 35.1 Å². The summed E-state index contributed by atoms with van der Waals surface area (Å²) in [5, 5.41) is 3.01. The lowest BCUT2D eigenvalue weighted by Gasteiger charge is -2.30. The summed E-state index contributed by atoms with van der Waals surface area (Å²) in [6.45, 7) is 7.57. The summed E-state index contributed by atoms with van der Waals surface area (Å²) in [5.41, 5.74) is 3.51. The summed E-state index contributed by atoms with van der Waals surface area (Å²) in [5.74, 6) is 0.437. The molecule has 0 aliphatic rings. The fourth-order valence-corrected chi connectivity index (χ4v) is 4.69. The Balaban J connectivity index is 2.28. The van der Waals surface area contributed by atoms with Crippen molar-refractivity contribution in [3.05, 3.63) is 59.2 Å². The molecule has 1 N–H and O–H groups in total. The molecule has 0 heterocycles. The van der Waals surface area contributed by atoms with E-state index in [4.69, 9.17) is 4.74 Å². The van der Waals surface area contributed by atoms with Crippen LogP contribution in [0.3, 0.4) is 0 Å². The number of hydrogen-bond acceptors (Lipinski definition) is 4. The van der Waals surface area contributed by atoms with Crippen molar-refractivity contribution in [2.45, 2.75) is 52.6 Å². The van der Waals surface area contributed by atoms with Crippen LogP contribution in [0.5, 0.6) is 5.75 Å². The number of amides is 1. The number of benzene rings is 2. The Morgan fingerprint density at radius 1 is 1.13 bits per heavy atom. The molecule has 0 bridgehead atoms. The number of hydrogen-bond donors (Lipinski definition) is 1. The van der Waals surface area contributed by atoms with E-state index in [1.807, 2.05) is 51.1 Å². The van der Waals surface area contributed by atoms with Crippen LogP contribution >= 0.6 is 0 Å². The summed E-state index contributed by atoms with van der Waals surface area (Å²) >= 11 is 0. The van der Waals surface area contributed by atoms with Crippen LogP contribution in [0.1, 0.15) is 49.9 Å². The minimum absolute atomic E-state index is 0.228. The first-order chi connectivity index (χ1) is 14.1. The van der Waals surface area contributed by atoms with Crippen molar-refractivity contribution in [3.63, 3.8) is 0 Å². The van der Waals surface area contributed by atoms with Gasteiger partial charge in [0.15, 0.2) is 0 Å². The summed E-state index contributed by atoms with van der Waals surface area (Å²) in [6, 6.07) is 11.9. The molecule has 0 radical (unpaired) electrons. The van der Waals surface area contributed by atoms with E-state index in [-0.39, 0.29) is 11.9 Å². The molecule has 2 atom stereocenters. The Labute approximate surface area is 180 Å². The average molecular weight is 433 g/mol. The van der Waals surface area contributed by atoms with E-state index in [0.29, 0.717) is 12.1 Å². The number of nitrogens with one attached hydrogen (secondary N) is 1. The second kappa shape index (κ2) is 9.98. The Bertz CT molecular complexity index is 971. The van der Waals surface area contributed by atoms with Crippen molar-refractivity contribution in [3.8, 4) is 5.75 Å². The maximum atomic E-state index is 13.0. The van der Waals surface area contributed by atoms with Gasteiger partial charge >= 0.3 is 0 Å². The Morgan fingerprint density at radius 2 is 1.77 bits per heavy atom. The zero-order valence-electron chi connectivity index (χ0n) is 18.6. The molecule has 0 aliphatic carbocycles. The number of rotatable bonds is 9. The molecule has 0 spiro atoms. The van der Waals surface area contributed by atoms with Crippen LogP contribution < -0.4 is 14.4 Å². The van der Waals surface area contributed by atoms with Crippen molar-refractivity contribution >= 4 is 21.6 Å². The summed E-state index contributed by atoms with van der Waals surface area (Å²) in [6.07, 6.45) is 2.65. The molecule has 0 aliphatic heterocycles. The molecule has 2 aromatic rings. The van der Waals surface area contributed by atoms with Crippen LogP contribution in [0.15, 0.2) is 42.5 Å². The van der Waals surface area contributed by atoms with Gasteiger partial charge in [-0.05, 0) is 61.6 Å². The number of aryl methyl sites for hydroxylation is 2. The van der Waals surface area contributed by atoms with Gasteiger partial charge in [-0.3, -0.25) is 9.10 Å². The SMILES string of the molecule is CCc1ccc(N([C@H](C)C(=O)N[C@H](CC)c2ccc(OC)c(C)c2)S(C)(=O)=O)cc1. The number of anilines is 1. The van der Waals surface area contributed by atoms with E-state index in [1.165, 1.54) is 4.31 Å². The van der Waals surface area contributed by atoms with Crippen molar-refractivity contribution in [1.82, 2.24) is 5.32 Å². The minimum Gasteiger partial charge on any atom is -0.496 e. The third-order valence-electron chi connectivity index (χ3n) is 5.23. The standard InChI is InChI=1S/C23H32N2O4S/c1-7-18-9-12-20(13-10-18)25(30(6,27)28)17(4)23(26)24-21(8-2)19-11-14-22(29-5)16(3)15-19/h9-15,17,21H,7-8H2,1-6H3,(H,24,26)/t17-,21-/m1/s1. The van der Waals surface area contributed by atoms with E-state index >= 15 is 0 Å². The van der Waals surface area contributed by atoms with Gasteiger partial charge in [-0.15, -0.1) is 0 Å². The lowest BCUT2D eigenvalue weighted by molar-refractivity contribution is -0.122. The highest BCUT2D eigenvalue weighted by atomic mass is 32.2. The Morgan fingerprint density at radius 3 is 2.23 bits per heavy atom. The van der Waals surface area contributed by atoms with Crippen molar-refractivity contribution in [2.24, 2.45) is 0 Å². The Hall–Kier alpha value is -2.54. The monoisotopic (exact) mass is 432 g/mol. The Kier molecular flexibility index (Phi) is 7.89. The molecule has 2 rings (SSSR count). The number of carbonyl (C=O) groups is 1. The molecule has 0 saturated heterocycles. The van der Waals surface area contributed by atoms with Crippen LogP contribution in [0, 0.1) is 6.92 Å². The summed E-state index contributed by atoms with van der Waals surface area (Å²) in [7, 11) is -2.03. The number of methoxy groups -OCH3 is 1. The van der Waals surface area contributed by atoms with E-state index < -0.39 is 16.1 Å². The van der Waals surface area contributed by atoms with Gasteiger partial charge in [-0.25, -0.2) is 8.42 Å². The highest BCUT2D eigenvalue weighted by molar-refractivity contribution is 7.92. The third kappa shape index (κ3) is 5.53. The molecule has 1 amide bonds. The molecule has 0 unspecified atom stereocenters. The van der Waals surface area contributed by atoms with Crippen LogP contribution in [0.25, 0.3) is 0 Å². The summed E-state index contributed by atoms with van der Waals surface area (Å²) in [4.78, 5) is 13.0. The van der Waals surface area contributed by atoms with Gasteiger partial charge in [0, 0.05) is 0 Å². The third-order valence-corrected chi connectivity index (χ3v) is 6.48. The topological polar surface area (TPSA) is 75.7 Å². The van der Waals surface area contributed by atoms with Crippen molar-refractivity contribution < 1.29 is 17.9 Å². The molecule has 2 aromatic carbocycles. The predicted molar refractivity (Wildman–Crippen MR) is 122 cm³/mol. The average Bonchev–Trinajstić information content (AvgIpc) is 2.71. The zero-order chi connectivity index (χ0) is 22.5. The van der Waals surface area contributed by atoms with E-state index in [2.05, 4.69) is 5.32 Å². The molecule has 164 valence electrons. The van der Waals surface area contributed by atoms with E-state index in [1.54, 1.807) is 26.2 Å². The van der Waals surface area contributed by atoms with E-state index in [9.17, 15) is 13.2 Å². The van der Waals surface area contributed by atoms with Crippen molar-refractivity contribution in [1.29, 1.82) is 0 Å². The maximum Gasteiger partial charge on any atom is 0.244 e. The second-order valence-corrected chi connectivity index (χ2v) is 9.31. The fourth-order valence-electron chi connectivity index (χ4n) is 3.52. The van der Waals surface area contributed by atoms with Crippen molar-refractivity contribution in [2.75, 3.05) is 17.7 Å². The quantitative estimate of drug-likeness (QED) is 0.650. The molecule has 0 saturated carbocycles. The molecule has 7 heteroatoms. The van der Waals surface area contributed by atoms with Gasteiger partial charge in [0.05, 0.1) is 25.1 Å². The highest BCUT2D eigenvalue weighted by Gasteiger charge is 2.30. The van der Waals surface area contributed by atoms with Crippen LogP contribution in [-0.4, -0.2) is 33.7 Å². The smallest absolute Gasteiger partial charge is 0.244 e. The molecule has 30 heavy (non-hydrogen) atoms. The van der Waals surface area contributed by atoms with Gasteiger partial charge < -0.3 is 10.1 Å². The second-order valence-electron chi connectivity index (χ2n) is 7.45.